The highest BCUT2D eigenvalue weighted by atomic mass is 16.5. The third-order valence-electron chi connectivity index (χ3n) is 5.60. The average molecular weight is 423 g/mol. The summed E-state index contributed by atoms with van der Waals surface area (Å²) in [5, 5.41) is 9.67. The highest BCUT2D eigenvalue weighted by Crippen LogP contribution is 2.27. The second kappa shape index (κ2) is 12.1. The van der Waals surface area contributed by atoms with Gasteiger partial charge in [0.05, 0.1) is 6.10 Å². The zero-order chi connectivity index (χ0) is 21.9. The fraction of sp³-hybridized carbons (Fsp3) is 0.440. The van der Waals surface area contributed by atoms with E-state index in [-0.39, 0.29) is 17.9 Å². The van der Waals surface area contributed by atoms with Crippen molar-refractivity contribution >= 4 is 17.6 Å². The minimum atomic E-state index is 0.0932. The normalized spacial score (nSPS) is 15.1. The minimum Gasteiger partial charge on any atom is -0.374 e. The third-order valence-corrected chi connectivity index (χ3v) is 5.60. The van der Waals surface area contributed by atoms with Gasteiger partial charge in [-0.2, -0.15) is 0 Å². The Labute approximate surface area is 185 Å². The van der Waals surface area contributed by atoms with Gasteiger partial charge in [0, 0.05) is 38.3 Å². The Morgan fingerprint density at radius 3 is 2.65 bits per heavy atom. The number of aliphatic imine (C=N–C) groups is 1. The van der Waals surface area contributed by atoms with Crippen LogP contribution in [0, 0.1) is 5.92 Å². The number of carbonyl (C=O) groups is 1. The first-order valence-corrected chi connectivity index (χ1v) is 11.2. The van der Waals surface area contributed by atoms with E-state index in [1.54, 1.807) is 7.05 Å². The van der Waals surface area contributed by atoms with Crippen LogP contribution in [-0.2, 0) is 16.1 Å². The first-order valence-electron chi connectivity index (χ1n) is 11.2. The smallest absolute Gasteiger partial charge is 0.227 e. The summed E-state index contributed by atoms with van der Waals surface area (Å²) in [6.45, 7) is 4.17. The standard InChI is InChI=1S/C25H34N4O2/c1-19(21-10-4-3-5-11-21)31-16-8-15-27-25(26-2)28-18-20-9-6-14-23(17-20)29-24(30)22-12-7-13-22/h3-6,9-11,14,17,19,22H,7-8,12-13,15-16,18H2,1-2H3,(H,29,30)(H2,26,27,28). The van der Waals surface area contributed by atoms with Gasteiger partial charge >= 0.3 is 0 Å². The summed E-state index contributed by atoms with van der Waals surface area (Å²) in [7, 11) is 1.76. The van der Waals surface area contributed by atoms with Crippen molar-refractivity contribution in [3.05, 3.63) is 65.7 Å². The van der Waals surface area contributed by atoms with Crippen molar-refractivity contribution in [2.75, 3.05) is 25.5 Å². The van der Waals surface area contributed by atoms with E-state index in [2.05, 4.69) is 40.0 Å². The van der Waals surface area contributed by atoms with Crippen molar-refractivity contribution in [2.24, 2.45) is 10.9 Å². The average Bonchev–Trinajstić information content (AvgIpc) is 2.75. The lowest BCUT2D eigenvalue weighted by Crippen LogP contribution is -2.37. The molecule has 1 unspecified atom stereocenters. The molecule has 6 nitrogen and oxygen atoms in total. The molecule has 0 heterocycles. The van der Waals surface area contributed by atoms with E-state index in [1.807, 2.05) is 42.5 Å². The first kappa shape index (κ1) is 22.8. The number of rotatable bonds is 10. The predicted octanol–water partition coefficient (Wildman–Crippen LogP) is 4.26. The molecule has 1 aliphatic carbocycles. The molecule has 0 aromatic heterocycles. The van der Waals surface area contributed by atoms with E-state index in [1.165, 1.54) is 5.56 Å². The van der Waals surface area contributed by atoms with Crippen LogP contribution < -0.4 is 16.0 Å². The summed E-state index contributed by atoms with van der Waals surface area (Å²) < 4.78 is 5.91. The molecule has 0 bridgehead atoms. The number of guanidine groups is 1. The molecule has 3 rings (SSSR count). The van der Waals surface area contributed by atoms with E-state index in [4.69, 9.17) is 4.74 Å². The van der Waals surface area contributed by atoms with Crippen LogP contribution in [0.4, 0.5) is 5.69 Å². The van der Waals surface area contributed by atoms with Crippen LogP contribution in [0.2, 0.25) is 0 Å². The maximum Gasteiger partial charge on any atom is 0.227 e. The van der Waals surface area contributed by atoms with Crippen molar-refractivity contribution in [3.8, 4) is 0 Å². The number of anilines is 1. The molecule has 0 radical (unpaired) electrons. The number of hydrogen-bond acceptors (Lipinski definition) is 3. The van der Waals surface area contributed by atoms with Gasteiger partial charge in [-0.15, -0.1) is 0 Å². The molecule has 0 spiro atoms. The van der Waals surface area contributed by atoms with Gasteiger partial charge in [-0.25, -0.2) is 0 Å². The SMILES string of the molecule is CN=C(NCCCOC(C)c1ccccc1)NCc1cccc(NC(=O)C2CCC2)c1. The van der Waals surface area contributed by atoms with Crippen LogP contribution in [0.3, 0.4) is 0 Å². The molecule has 1 atom stereocenters. The third kappa shape index (κ3) is 7.40. The number of nitrogens with one attached hydrogen (secondary N) is 3. The van der Waals surface area contributed by atoms with Crippen molar-refractivity contribution in [1.29, 1.82) is 0 Å². The summed E-state index contributed by atoms with van der Waals surface area (Å²) in [4.78, 5) is 16.4. The molecule has 1 saturated carbocycles. The van der Waals surface area contributed by atoms with Crippen molar-refractivity contribution in [1.82, 2.24) is 10.6 Å². The number of ether oxygens (including phenoxy) is 1. The lowest BCUT2D eigenvalue weighted by molar-refractivity contribution is -0.122. The van der Waals surface area contributed by atoms with Crippen LogP contribution in [0.25, 0.3) is 0 Å². The molecule has 166 valence electrons. The van der Waals surface area contributed by atoms with E-state index < -0.39 is 0 Å². The number of nitrogens with zero attached hydrogens (tertiary/aromatic N) is 1. The molecule has 0 aliphatic heterocycles. The second-order valence-electron chi connectivity index (χ2n) is 7.95. The van der Waals surface area contributed by atoms with Crippen LogP contribution in [-0.4, -0.2) is 32.1 Å². The summed E-state index contributed by atoms with van der Waals surface area (Å²) in [6.07, 6.45) is 4.15. The number of benzene rings is 2. The molecular weight excluding hydrogens is 388 g/mol. The molecule has 31 heavy (non-hydrogen) atoms. The molecule has 2 aromatic rings. The summed E-state index contributed by atoms with van der Waals surface area (Å²) in [6, 6.07) is 18.2. The molecule has 6 heteroatoms. The van der Waals surface area contributed by atoms with Crippen molar-refractivity contribution < 1.29 is 9.53 Å². The van der Waals surface area contributed by atoms with Gasteiger partial charge < -0.3 is 20.7 Å². The van der Waals surface area contributed by atoms with E-state index >= 15 is 0 Å². The highest BCUT2D eigenvalue weighted by Gasteiger charge is 2.25. The van der Waals surface area contributed by atoms with Gasteiger partial charge in [0.1, 0.15) is 0 Å². The molecule has 0 saturated heterocycles. The molecule has 1 amide bonds. The fourth-order valence-corrected chi connectivity index (χ4v) is 3.44. The fourth-order valence-electron chi connectivity index (χ4n) is 3.44. The second-order valence-corrected chi connectivity index (χ2v) is 7.95. The largest absolute Gasteiger partial charge is 0.374 e. The quantitative estimate of drug-likeness (QED) is 0.304. The van der Waals surface area contributed by atoms with Gasteiger partial charge in [0.25, 0.3) is 0 Å². The summed E-state index contributed by atoms with van der Waals surface area (Å²) >= 11 is 0. The molecule has 1 fully saturated rings. The monoisotopic (exact) mass is 422 g/mol. The van der Waals surface area contributed by atoms with E-state index in [0.29, 0.717) is 13.2 Å². The van der Waals surface area contributed by atoms with Crippen LogP contribution in [0.5, 0.6) is 0 Å². The van der Waals surface area contributed by atoms with Crippen molar-refractivity contribution in [3.63, 3.8) is 0 Å². The van der Waals surface area contributed by atoms with Gasteiger partial charge in [-0.1, -0.05) is 48.9 Å². The Balaban J connectivity index is 1.34. The summed E-state index contributed by atoms with van der Waals surface area (Å²) in [5.41, 5.74) is 3.14. The Bertz CT molecular complexity index is 850. The molecule has 1 aliphatic rings. The van der Waals surface area contributed by atoms with Gasteiger partial charge in [-0.05, 0) is 49.4 Å². The zero-order valence-corrected chi connectivity index (χ0v) is 18.6. The lowest BCUT2D eigenvalue weighted by Gasteiger charge is -2.24. The van der Waals surface area contributed by atoms with Gasteiger partial charge in [0.15, 0.2) is 5.96 Å². The predicted molar refractivity (Wildman–Crippen MR) is 126 cm³/mol. The van der Waals surface area contributed by atoms with Crippen molar-refractivity contribution in [2.45, 2.75) is 45.3 Å². The van der Waals surface area contributed by atoms with Crippen LogP contribution in [0.1, 0.15) is 49.8 Å². The maximum atomic E-state index is 12.1. The Morgan fingerprint density at radius 1 is 1.13 bits per heavy atom. The first-order chi connectivity index (χ1) is 15.2. The van der Waals surface area contributed by atoms with Crippen LogP contribution >= 0.6 is 0 Å². The Kier molecular flexibility index (Phi) is 8.91. The van der Waals surface area contributed by atoms with Gasteiger partial charge in [-0.3, -0.25) is 9.79 Å². The lowest BCUT2D eigenvalue weighted by atomic mass is 9.85. The zero-order valence-electron chi connectivity index (χ0n) is 18.6. The highest BCUT2D eigenvalue weighted by molar-refractivity contribution is 5.93. The van der Waals surface area contributed by atoms with E-state index in [0.717, 1.165) is 49.4 Å². The van der Waals surface area contributed by atoms with Gasteiger partial charge in [0.2, 0.25) is 5.91 Å². The Hall–Kier alpha value is -2.86. The summed E-state index contributed by atoms with van der Waals surface area (Å²) in [5.74, 6) is 1.07. The van der Waals surface area contributed by atoms with Crippen LogP contribution in [0.15, 0.2) is 59.6 Å². The van der Waals surface area contributed by atoms with E-state index in [9.17, 15) is 4.79 Å². The maximum absolute atomic E-state index is 12.1. The molecule has 2 aromatic carbocycles. The number of hydrogen-bond donors (Lipinski definition) is 3. The molecule has 3 N–H and O–H groups in total. The minimum absolute atomic E-state index is 0.0932. The Morgan fingerprint density at radius 2 is 1.94 bits per heavy atom. The number of carbonyl (C=O) groups excluding carboxylic acids is 1. The topological polar surface area (TPSA) is 74.8 Å². The number of amides is 1. The molecular formula is C25H34N4O2.